The maximum absolute atomic E-state index is 12.0. The molecule has 0 radical (unpaired) electrons. The molecule has 0 heterocycles. The standard InChI is InChI=1S/C16H23NO4/c1-5-16(4,15(19)20)17-14(18)10-12-7-6-8-13(9-12)21-11(2)3/h6-9,11H,5,10H2,1-4H3,(H,17,18)(H,19,20). The third kappa shape index (κ3) is 5.10. The number of carboxylic acids is 1. The topological polar surface area (TPSA) is 75.6 Å². The second kappa shape index (κ2) is 7.11. The zero-order valence-electron chi connectivity index (χ0n) is 13.0. The summed E-state index contributed by atoms with van der Waals surface area (Å²) in [6.45, 7) is 7.09. The number of carboxylic acid groups (broad SMARTS) is 1. The number of rotatable bonds is 7. The van der Waals surface area contributed by atoms with Gasteiger partial charge in [-0.3, -0.25) is 4.79 Å². The highest BCUT2D eigenvalue weighted by atomic mass is 16.5. The molecule has 2 N–H and O–H groups in total. The van der Waals surface area contributed by atoms with E-state index >= 15 is 0 Å². The zero-order valence-corrected chi connectivity index (χ0v) is 13.0. The fourth-order valence-electron chi connectivity index (χ4n) is 1.83. The Kier molecular flexibility index (Phi) is 5.76. The fraction of sp³-hybridized carbons (Fsp3) is 0.500. The van der Waals surface area contributed by atoms with Gasteiger partial charge in [-0.15, -0.1) is 0 Å². The van der Waals surface area contributed by atoms with Crippen LogP contribution >= 0.6 is 0 Å². The van der Waals surface area contributed by atoms with Crippen LogP contribution in [0.2, 0.25) is 0 Å². The molecule has 0 bridgehead atoms. The van der Waals surface area contributed by atoms with Gasteiger partial charge in [-0.05, 0) is 44.9 Å². The van der Waals surface area contributed by atoms with E-state index in [4.69, 9.17) is 9.84 Å². The number of ether oxygens (including phenoxy) is 1. The quantitative estimate of drug-likeness (QED) is 0.809. The van der Waals surface area contributed by atoms with Gasteiger partial charge in [-0.1, -0.05) is 19.1 Å². The fourth-order valence-corrected chi connectivity index (χ4v) is 1.83. The summed E-state index contributed by atoms with van der Waals surface area (Å²) in [4.78, 5) is 23.2. The maximum atomic E-state index is 12.0. The van der Waals surface area contributed by atoms with Gasteiger partial charge >= 0.3 is 5.97 Å². The van der Waals surface area contributed by atoms with E-state index in [1.807, 2.05) is 32.0 Å². The summed E-state index contributed by atoms with van der Waals surface area (Å²) in [6, 6.07) is 7.26. The number of benzene rings is 1. The predicted octanol–water partition coefficient (Wildman–Crippen LogP) is 2.39. The number of carbonyl (C=O) groups is 2. The van der Waals surface area contributed by atoms with Crippen LogP contribution in [0.4, 0.5) is 0 Å². The molecule has 1 amide bonds. The van der Waals surface area contributed by atoms with Gasteiger partial charge in [0.15, 0.2) is 0 Å². The first-order valence-electron chi connectivity index (χ1n) is 7.07. The summed E-state index contributed by atoms with van der Waals surface area (Å²) < 4.78 is 5.57. The SMILES string of the molecule is CCC(C)(NC(=O)Cc1cccc(OC(C)C)c1)C(=O)O. The first-order chi connectivity index (χ1) is 9.76. The van der Waals surface area contributed by atoms with Crippen LogP contribution in [-0.4, -0.2) is 28.6 Å². The van der Waals surface area contributed by atoms with Gasteiger partial charge in [0.25, 0.3) is 0 Å². The summed E-state index contributed by atoms with van der Waals surface area (Å²) in [5.74, 6) is -0.648. The monoisotopic (exact) mass is 293 g/mol. The first-order valence-corrected chi connectivity index (χ1v) is 7.07. The molecule has 0 saturated heterocycles. The maximum Gasteiger partial charge on any atom is 0.329 e. The molecule has 0 spiro atoms. The lowest BCUT2D eigenvalue weighted by atomic mass is 9.98. The molecule has 5 nitrogen and oxygen atoms in total. The van der Waals surface area contributed by atoms with Crippen molar-refractivity contribution in [3.05, 3.63) is 29.8 Å². The summed E-state index contributed by atoms with van der Waals surface area (Å²) in [5, 5.41) is 11.7. The van der Waals surface area contributed by atoms with Crippen molar-refractivity contribution >= 4 is 11.9 Å². The van der Waals surface area contributed by atoms with Crippen LogP contribution in [0.3, 0.4) is 0 Å². The molecular formula is C16H23NO4. The van der Waals surface area contributed by atoms with Gasteiger partial charge in [-0.2, -0.15) is 0 Å². The highest BCUT2D eigenvalue weighted by molar-refractivity contribution is 5.87. The van der Waals surface area contributed by atoms with Crippen molar-refractivity contribution in [2.75, 3.05) is 0 Å². The minimum atomic E-state index is -1.23. The van der Waals surface area contributed by atoms with E-state index in [9.17, 15) is 9.59 Å². The Morgan fingerprint density at radius 1 is 1.38 bits per heavy atom. The van der Waals surface area contributed by atoms with Crippen molar-refractivity contribution in [3.8, 4) is 5.75 Å². The molecule has 0 aromatic heterocycles. The molecule has 5 heteroatoms. The molecule has 0 fully saturated rings. The van der Waals surface area contributed by atoms with Gasteiger partial charge in [0, 0.05) is 0 Å². The number of aliphatic carboxylic acids is 1. The van der Waals surface area contributed by atoms with E-state index in [1.165, 1.54) is 6.92 Å². The second-order valence-electron chi connectivity index (χ2n) is 5.53. The van der Waals surface area contributed by atoms with E-state index in [1.54, 1.807) is 13.0 Å². The molecule has 1 aromatic rings. The number of carbonyl (C=O) groups excluding carboxylic acids is 1. The summed E-state index contributed by atoms with van der Waals surface area (Å²) in [6.07, 6.45) is 0.507. The number of hydrogen-bond donors (Lipinski definition) is 2. The van der Waals surface area contributed by atoms with Crippen LogP contribution < -0.4 is 10.1 Å². The number of hydrogen-bond acceptors (Lipinski definition) is 3. The van der Waals surface area contributed by atoms with E-state index in [0.29, 0.717) is 12.2 Å². The Labute approximate surface area is 125 Å². The van der Waals surface area contributed by atoms with E-state index < -0.39 is 11.5 Å². The van der Waals surface area contributed by atoms with Crippen LogP contribution in [0.15, 0.2) is 24.3 Å². The average Bonchev–Trinajstić information content (AvgIpc) is 2.37. The Morgan fingerprint density at radius 3 is 2.57 bits per heavy atom. The summed E-state index contributed by atoms with van der Waals surface area (Å²) in [7, 11) is 0. The molecule has 0 saturated carbocycles. The van der Waals surface area contributed by atoms with Crippen molar-refractivity contribution in [1.29, 1.82) is 0 Å². The van der Waals surface area contributed by atoms with Crippen molar-refractivity contribution < 1.29 is 19.4 Å². The van der Waals surface area contributed by atoms with E-state index in [0.717, 1.165) is 5.56 Å². The van der Waals surface area contributed by atoms with Crippen LogP contribution in [0.5, 0.6) is 5.75 Å². The summed E-state index contributed by atoms with van der Waals surface area (Å²) in [5.41, 5.74) is -0.446. The van der Waals surface area contributed by atoms with Crippen molar-refractivity contribution in [2.45, 2.75) is 52.2 Å². The molecule has 1 aromatic carbocycles. The Hall–Kier alpha value is -2.04. The zero-order chi connectivity index (χ0) is 16.0. The van der Waals surface area contributed by atoms with Crippen LogP contribution in [-0.2, 0) is 16.0 Å². The predicted molar refractivity (Wildman–Crippen MR) is 80.4 cm³/mol. The molecular weight excluding hydrogens is 270 g/mol. The van der Waals surface area contributed by atoms with Crippen LogP contribution in [0.25, 0.3) is 0 Å². The lowest BCUT2D eigenvalue weighted by molar-refractivity contribution is -0.146. The molecule has 1 atom stereocenters. The average molecular weight is 293 g/mol. The minimum Gasteiger partial charge on any atom is -0.491 e. The van der Waals surface area contributed by atoms with Gasteiger partial charge in [0.05, 0.1) is 12.5 Å². The van der Waals surface area contributed by atoms with Gasteiger partial charge < -0.3 is 15.2 Å². The lowest BCUT2D eigenvalue weighted by Gasteiger charge is -2.24. The molecule has 0 aliphatic rings. The Morgan fingerprint density at radius 2 is 2.05 bits per heavy atom. The van der Waals surface area contributed by atoms with Crippen molar-refractivity contribution in [1.82, 2.24) is 5.32 Å². The minimum absolute atomic E-state index is 0.0597. The third-order valence-corrected chi connectivity index (χ3v) is 3.23. The highest BCUT2D eigenvalue weighted by Crippen LogP contribution is 2.16. The molecule has 116 valence electrons. The number of amides is 1. The third-order valence-electron chi connectivity index (χ3n) is 3.23. The first kappa shape index (κ1) is 17.0. The molecule has 21 heavy (non-hydrogen) atoms. The van der Waals surface area contributed by atoms with Crippen molar-refractivity contribution in [2.24, 2.45) is 0 Å². The number of nitrogens with one attached hydrogen (secondary N) is 1. The largest absolute Gasteiger partial charge is 0.491 e. The van der Waals surface area contributed by atoms with Crippen LogP contribution in [0.1, 0.15) is 39.7 Å². The van der Waals surface area contributed by atoms with E-state index in [-0.39, 0.29) is 18.4 Å². The molecule has 1 rings (SSSR count). The van der Waals surface area contributed by atoms with Gasteiger partial charge in [0.1, 0.15) is 11.3 Å². The highest BCUT2D eigenvalue weighted by Gasteiger charge is 2.32. The lowest BCUT2D eigenvalue weighted by Crippen LogP contribution is -2.52. The Bertz CT molecular complexity index is 513. The van der Waals surface area contributed by atoms with E-state index in [2.05, 4.69) is 5.32 Å². The van der Waals surface area contributed by atoms with Crippen LogP contribution in [0, 0.1) is 0 Å². The molecule has 1 unspecified atom stereocenters. The second-order valence-corrected chi connectivity index (χ2v) is 5.53. The van der Waals surface area contributed by atoms with Gasteiger partial charge in [-0.25, -0.2) is 4.79 Å². The molecule has 0 aliphatic heterocycles. The molecule has 0 aliphatic carbocycles. The van der Waals surface area contributed by atoms with Crippen molar-refractivity contribution in [3.63, 3.8) is 0 Å². The van der Waals surface area contributed by atoms with Gasteiger partial charge in [0.2, 0.25) is 5.91 Å². The smallest absolute Gasteiger partial charge is 0.329 e. The summed E-state index contributed by atoms with van der Waals surface area (Å²) >= 11 is 0. The Balaban J connectivity index is 2.73. The normalized spacial score (nSPS) is 13.6.